The molecular formula is C22H32O3. The molecule has 0 saturated heterocycles. The summed E-state index contributed by atoms with van der Waals surface area (Å²) < 4.78 is 6.03. The van der Waals surface area contributed by atoms with Crippen molar-refractivity contribution in [1.82, 2.24) is 0 Å². The van der Waals surface area contributed by atoms with Crippen molar-refractivity contribution in [3.05, 3.63) is 11.6 Å². The summed E-state index contributed by atoms with van der Waals surface area (Å²) in [4.78, 5) is 23.6. The lowest BCUT2D eigenvalue weighted by Gasteiger charge is -2.56. The van der Waals surface area contributed by atoms with E-state index in [1.165, 1.54) is 24.8 Å². The Labute approximate surface area is 151 Å². The average molecular weight is 344 g/mol. The summed E-state index contributed by atoms with van der Waals surface area (Å²) in [5, 5.41) is 0. The zero-order valence-electron chi connectivity index (χ0n) is 16.0. The largest absolute Gasteiger partial charge is 0.459 e. The van der Waals surface area contributed by atoms with Gasteiger partial charge in [-0.15, -0.1) is 0 Å². The van der Waals surface area contributed by atoms with E-state index < -0.39 is 0 Å². The molecule has 4 rings (SSSR count). The molecule has 0 aromatic heterocycles. The fraction of sp³-hybridized carbons (Fsp3) is 0.818. The molecule has 3 fully saturated rings. The molecule has 0 N–H and O–H groups in total. The lowest BCUT2D eigenvalue weighted by Crippen LogP contribution is -2.54. The number of hydrogen-bond acceptors (Lipinski definition) is 3. The molecular weight excluding hydrogens is 312 g/mol. The van der Waals surface area contributed by atoms with E-state index in [2.05, 4.69) is 13.8 Å². The third kappa shape index (κ3) is 2.44. The SMILES string of the molecule is CC[C@]1(OC(C)=O)CC[C@H]2[C@@H]3CCC4=CC(=O)CC[C@@H]4[C@H]3CC[C@@]21C. The van der Waals surface area contributed by atoms with Gasteiger partial charge in [0.2, 0.25) is 0 Å². The molecule has 3 heteroatoms. The van der Waals surface area contributed by atoms with Gasteiger partial charge in [0.1, 0.15) is 5.60 Å². The van der Waals surface area contributed by atoms with Crippen molar-refractivity contribution >= 4 is 11.8 Å². The van der Waals surface area contributed by atoms with Crippen LogP contribution in [0.2, 0.25) is 0 Å². The van der Waals surface area contributed by atoms with Gasteiger partial charge in [0, 0.05) is 18.8 Å². The van der Waals surface area contributed by atoms with Crippen LogP contribution in [0, 0.1) is 29.1 Å². The molecule has 138 valence electrons. The van der Waals surface area contributed by atoms with E-state index >= 15 is 0 Å². The molecule has 0 aliphatic heterocycles. The maximum Gasteiger partial charge on any atom is 0.303 e. The van der Waals surface area contributed by atoms with Crippen molar-refractivity contribution < 1.29 is 14.3 Å². The minimum absolute atomic E-state index is 0.120. The maximum atomic E-state index is 11.8. The molecule has 6 atom stereocenters. The minimum Gasteiger partial charge on any atom is -0.459 e. The monoisotopic (exact) mass is 344 g/mol. The van der Waals surface area contributed by atoms with Gasteiger partial charge in [-0.2, -0.15) is 0 Å². The summed E-state index contributed by atoms with van der Waals surface area (Å²) in [6.45, 7) is 6.16. The van der Waals surface area contributed by atoms with Crippen LogP contribution in [0.25, 0.3) is 0 Å². The first-order valence-corrected chi connectivity index (χ1v) is 10.3. The van der Waals surface area contributed by atoms with Crippen molar-refractivity contribution in [2.24, 2.45) is 29.1 Å². The van der Waals surface area contributed by atoms with Crippen LogP contribution in [0.15, 0.2) is 11.6 Å². The van der Waals surface area contributed by atoms with E-state index in [0.717, 1.165) is 50.4 Å². The highest BCUT2D eigenvalue weighted by atomic mass is 16.6. The van der Waals surface area contributed by atoms with E-state index in [0.29, 0.717) is 17.6 Å². The Morgan fingerprint density at radius 3 is 2.68 bits per heavy atom. The predicted molar refractivity (Wildman–Crippen MR) is 96.9 cm³/mol. The normalized spacial score (nSPS) is 45.9. The Morgan fingerprint density at radius 1 is 1.16 bits per heavy atom. The smallest absolute Gasteiger partial charge is 0.303 e. The second kappa shape index (κ2) is 5.96. The molecule has 0 amide bonds. The number of allylic oxidation sites excluding steroid dienone is 1. The quantitative estimate of drug-likeness (QED) is 0.673. The summed E-state index contributed by atoms with van der Waals surface area (Å²) >= 11 is 0. The summed E-state index contributed by atoms with van der Waals surface area (Å²) in [7, 11) is 0. The second-order valence-electron chi connectivity index (χ2n) is 9.24. The van der Waals surface area contributed by atoms with Crippen LogP contribution in [0.5, 0.6) is 0 Å². The van der Waals surface area contributed by atoms with Crippen LogP contribution in [0.4, 0.5) is 0 Å². The van der Waals surface area contributed by atoms with Crippen molar-refractivity contribution in [2.45, 2.75) is 84.2 Å². The lowest BCUT2D eigenvalue weighted by molar-refractivity contribution is -0.181. The molecule has 0 radical (unpaired) electrons. The first-order chi connectivity index (χ1) is 11.9. The molecule has 4 aliphatic rings. The van der Waals surface area contributed by atoms with E-state index in [-0.39, 0.29) is 17.0 Å². The van der Waals surface area contributed by atoms with Gasteiger partial charge in [0.15, 0.2) is 5.78 Å². The van der Waals surface area contributed by atoms with Crippen LogP contribution >= 0.6 is 0 Å². The van der Waals surface area contributed by atoms with Gasteiger partial charge in [-0.3, -0.25) is 9.59 Å². The molecule has 3 nitrogen and oxygen atoms in total. The van der Waals surface area contributed by atoms with Crippen molar-refractivity contribution in [3.63, 3.8) is 0 Å². The van der Waals surface area contributed by atoms with Gasteiger partial charge in [-0.05, 0) is 81.1 Å². The third-order valence-electron chi connectivity index (χ3n) is 8.50. The van der Waals surface area contributed by atoms with Gasteiger partial charge in [0.25, 0.3) is 0 Å². The Morgan fingerprint density at radius 2 is 1.96 bits per heavy atom. The average Bonchev–Trinajstić information content (AvgIpc) is 2.87. The Kier molecular flexibility index (Phi) is 4.12. The molecule has 4 aliphatic carbocycles. The van der Waals surface area contributed by atoms with Crippen LogP contribution in [0.1, 0.15) is 78.6 Å². The summed E-state index contributed by atoms with van der Waals surface area (Å²) in [5.74, 6) is 3.03. The molecule has 0 aromatic rings. The highest BCUT2D eigenvalue weighted by molar-refractivity contribution is 5.91. The van der Waals surface area contributed by atoms with Gasteiger partial charge in [-0.1, -0.05) is 19.4 Å². The Balaban J connectivity index is 1.63. The van der Waals surface area contributed by atoms with E-state index in [1.807, 2.05) is 6.08 Å². The number of esters is 1. The van der Waals surface area contributed by atoms with E-state index in [9.17, 15) is 9.59 Å². The molecule has 25 heavy (non-hydrogen) atoms. The fourth-order valence-electron chi connectivity index (χ4n) is 7.37. The van der Waals surface area contributed by atoms with Gasteiger partial charge in [-0.25, -0.2) is 0 Å². The molecule has 0 aromatic carbocycles. The zero-order valence-corrected chi connectivity index (χ0v) is 16.0. The number of ketones is 1. The van der Waals surface area contributed by atoms with E-state index in [1.54, 1.807) is 6.92 Å². The van der Waals surface area contributed by atoms with Crippen LogP contribution < -0.4 is 0 Å². The van der Waals surface area contributed by atoms with Gasteiger partial charge >= 0.3 is 5.97 Å². The number of carbonyl (C=O) groups is 2. The molecule has 3 saturated carbocycles. The van der Waals surface area contributed by atoms with Crippen molar-refractivity contribution in [2.75, 3.05) is 0 Å². The first-order valence-electron chi connectivity index (χ1n) is 10.3. The third-order valence-corrected chi connectivity index (χ3v) is 8.50. The molecule has 0 heterocycles. The predicted octanol–water partition coefficient (Wildman–Crippen LogP) is 4.84. The number of carbonyl (C=O) groups excluding carboxylic acids is 2. The van der Waals surface area contributed by atoms with Crippen LogP contribution in [-0.2, 0) is 14.3 Å². The van der Waals surface area contributed by atoms with Crippen molar-refractivity contribution in [3.8, 4) is 0 Å². The highest BCUT2D eigenvalue weighted by Crippen LogP contribution is 2.66. The van der Waals surface area contributed by atoms with Crippen molar-refractivity contribution in [1.29, 1.82) is 0 Å². The zero-order chi connectivity index (χ0) is 17.8. The molecule has 0 unspecified atom stereocenters. The van der Waals surface area contributed by atoms with Gasteiger partial charge in [0.05, 0.1) is 0 Å². The first kappa shape index (κ1) is 17.3. The fourth-order valence-corrected chi connectivity index (χ4v) is 7.37. The highest BCUT2D eigenvalue weighted by Gasteiger charge is 2.63. The summed E-state index contributed by atoms with van der Waals surface area (Å²) in [6, 6.07) is 0. The summed E-state index contributed by atoms with van der Waals surface area (Å²) in [6.07, 6.45) is 11.7. The molecule has 0 spiro atoms. The van der Waals surface area contributed by atoms with Crippen LogP contribution in [-0.4, -0.2) is 17.4 Å². The number of ether oxygens (including phenoxy) is 1. The molecule has 0 bridgehead atoms. The number of fused-ring (bicyclic) bond motifs is 5. The topological polar surface area (TPSA) is 43.4 Å². The van der Waals surface area contributed by atoms with E-state index in [4.69, 9.17) is 4.74 Å². The number of rotatable bonds is 2. The Hall–Kier alpha value is -1.12. The lowest BCUT2D eigenvalue weighted by atomic mass is 9.50. The van der Waals surface area contributed by atoms with Gasteiger partial charge < -0.3 is 4.74 Å². The maximum absolute atomic E-state index is 11.8. The minimum atomic E-state index is -0.257. The standard InChI is InChI=1S/C22H32O3/c1-4-22(25-14(2)23)12-10-20-19-7-5-15-13-16(24)6-8-17(15)18(19)9-11-21(20,22)3/h13,17-20H,4-12H2,1-3H3/t17-,18+,19+,20-,21-,22-/m0/s1. The number of hydrogen-bond donors (Lipinski definition) is 0. The van der Waals surface area contributed by atoms with Crippen LogP contribution in [0.3, 0.4) is 0 Å². The Bertz CT molecular complexity index is 621. The second-order valence-corrected chi connectivity index (χ2v) is 9.24. The summed E-state index contributed by atoms with van der Waals surface area (Å²) in [5.41, 5.74) is 1.31.